The smallest absolute Gasteiger partial charge is 0.243 e. The van der Waals surface area contributed by atoms with E-state index >= 15 is 0 Å². The summed E-state index contributed by atoms with van der Waals surface area (Å²) in [7, 11) is -3.74. The van der Waals surface area contributed by atoms with E-state index in [9.17, 15) is 17.9 Å². The molecule has 0 saturated carbocycles. The van der Waals surface area contributed by atoms with Crippen LogP contribution in [0.4, 0.5) is 27.5 Å². The molecule has 2 saturated heterocycles. The van der Waals surface area contributed by atoms with E-state index in [1.807, 2.05) is 0 Å². The number of piperidine rings is 1. The monoisotopic (exact) mass is 526 g/mol. The molecule has 5 rings (SSSR count). The van der Waals surface area contributed by atoms with Crippen LogP contribution >= 0.6 is 0 Å². The van der Waals surface area contributed by atoms with Crippen LogP contribution < -0.4 is 10.6 Å². The average Bonchev–Trinajstić information content (AvgIpc) is 3.38. The van der Waals surface area contributed by atoms with Crippen LogP contribution in [0.2, 0.25) is 0 Å². The van der Waals surface area contributed by atoms with Gasteiger partial charge >= 0.3 is 0 Å². The maximum absolute atomic E-state index is 13.3. The number of anilines is 4. The summed E-state index contributed by atoms with van der Waals surface area (Å²) in [5.41, 5.74) is 0.286. The van der Waals surface area contributed by atoms with Gasteiger partial charge in [-0.15, -0.1) is 0 Å². The quantitative estimate of drug-likeness (QED) is 0.408. The van der Waals surface area contributed by atoms with Gasteiger partial charge in [0.15, 0.2) is 0 Å². The Kier molecular flexibility index (Phi) is 7.38. The molecule has 196 valence electrons. The van der Waals surface area contributed by atoms with Gasteiger partial charge in [-0.1, -0.05) is 0 Å². The number of aliphatic hydroxyl groups is 1. The second kappa shape index (κ2) is 10.7. The van der Waals surface area contributed by atoms with Crippen molar-refractivity contribution in [1.29, 1.82) is 0 Å². The molecule has 0 amide bonds. The molecule has 2 aliphatic rings. The molecule has 0 radical (unpaired) electrons. The molecular weight excluding hydrogens is 495 g/mol. The molecule has 37 heavy (non-hydrogen) atoms. The Balaban J connectivity index is 1.24. The molecule has 1 atom stereocenters. The van der Waals surface area contributed by atoms with Crippen molar-refractivity contribution in [3.63, 3.8) is 0 Å². The van der Waals surface area contributed by atoms with Crippen LogP contribution in [0.25, 0.3) is 0 Å². The highest BCUT2D eigenvalue weighted by Gasteiger charge is 2.40. The predicted octanol–water partition coefficient (Wildman–Crippen LogP) is 3.71. The molecule has 0 bridgehead atoms. The maximum Gasteiger partial charge on any atom is 0.243 e. The first-order chi connectivity index (χ1) is 17.8. The lowest BCUT2D eigenvalue weighted by molar-refractivity contribution is -0.0305. The zero-order valence-electron chi connectivity index (χ0n) is 20.5. The third-order valence-electron chi connectivity index (χ3n) is 6.76. The first-order valence-corrected chi connectivity index (χ1v) is 13.9. The second-order valence-corrected chi connectivity index (χ2v) is 11.6. The summed E-state index contributed by atoms with van der Waals surface area (Å²) >= 11 is 0. The summed E-state index contributed by atoms with van der Waals surface area (Å²) in [6.07, 6.45) is 5.06. The van der Waals surface area contributed by atoms with Crippen LogP contribution in [0.5, 0.6) is 0 Å². The highest BCUT2D eigenvalue weighted by molar-refractivity contribution is 7.89. The van der Waals surface area contributed by atoms with Gasteiger partial charge in [0.2, 0.25) is 16.0 Å². The van der Waals surface area contributed by atoms with Gasteiger partial charge in [-0.3, -0.25) is 0 Å². The molecule has 0 aliphatic carbocycles. The van der Waals surface area contributed by atoms with Gasteiger partial charge < -0.3 is 20.6 Å². The van der Waals surface area contributed by atoms with Crippen LogP contribution in [-0.2, 0) is 10.0 Å². The minimum atomic E-state index is -3.74. The number of likely N-dealkylation sites (tertiary alicyclic amines) is 1. The molecular formula is C26H31FN6O3S. The summed E-state index contributed by atoms with van der Waals surface area (Å²) in [5.74, 6) is 0.527. The van der Waals surface area contributed by atoms with Gasteiger partial charge in [0.25, 0.3) is 0 Å². The van der Waals surface area contributed by atoms with E-state index in [1.165, 1.54) is 16.4 Å². The average molecular weight is 527 g/mol. The number of aromatic nitrogens is 2. The number of nitrogens with one attached hydrogen (secondary N) is 2. The number of hydrogen-bond acceptors (Lipinski definition) is 8. The molecule has 11 heteroatoms. The molecule has 2 aromatic carbocycles. The molecule has 2 fully saturated rings. The van der Waals surface area contributed by atoms with Crippen LogP contribution in [0.15, 0.2) is 65.7 Å². The van der Waals surface area contributed by atoms with Gasteiger partial charge in [-0.25, -0.2) is 17.8 Å². The zero-order chi connectivity index (χ0) is 25.9. The SMILES string of the molecule is O=S(=O)(c1ccc(Nc2nccc(Nc3ccc(F)cc3)n2)cc1)N1CCCC(O)(CN2CCCC2)C1. The Hall–Kier alpha value is -3.12. The van der Waals surface area contributed by atoms with Crippen molar-refractivity contribution in [1.82, 2.24) is 19.2 Å². The van der Waals surface area contributed by atoms with Crippen molar-refractivity contribution >= 4 is 33.2 Å². The Morgan fingerprint density at radius 1 is 0.919 bits per heavy atom. The Morgan fingerprint density at radius 3 is 2.32 bits per heavy atom. The van der Waals surface area contributed by atoms with Crippen LogP contribution in [-0.4, -0.2) is 71.0 Å². The molecule has 0 spiro atoms. The summed E-state index contributed by atoms with van der Waals surface area (Å²) in [5, 5.41) is 17.3. The van der Waals surface area contributed by atoms with E-state index < -0.39 is 15.6 Å². The minimum Gasteiger partial charge on any atom is -0.387 e. The normalized spacial score (nSPS) is 21.1. The number of rotatable bonds is 8. The van der Waals surface area contributed by atoms with Crippen molar-refractivity contribution in [3.8, 4) is 0 Å². The number of sulfonamides is 1. The highest BCUT2D eigenvalue weighted by atomic mass is 32.2. The number of hydrogen-bond donors (Lipinski definition) is 3. The van der Waals surface area contributed by atoms with Crippen molar-refractivity contribution < 1.29 is 17.9 Å². The Morgan fingerprint density at radius 2 is 1.59 bits per heavy atom. The zero-order valence-corrected chi connectivity index (χ0v) is 21.3. The lowest BCUT2D eigenvalue weighted by atomic mass is 9.93. The van der Waals surface area contributed by atoms with Crippen molar-refractivity contribution in [2.24, 2.45) is 0 Å². The fourth-order valence-corrected chi connectivity index (χ4v) is 6.48. The number of nitrogens with zero attached hydrogens (tertiary/aromatic N) is 4. The van der Waals surface area contributed by atoms with E-state index in [-0.39, 0.29) is 17.3 Å². The summed E-state index contributed by atoms with van der Waals surface area (Å²) < 4.78 is 41.2. The molecule has 1 aromatic heterocycles. The number of β-amino-alcohol motifs (C(OH)–C–C–N with tert-alkyl or cyclic N) is 1. The Bertz CT molecular complexity index is 1320. The van der Waals surface area contributed by atoms with Crippen molar-refractivity contribution in [2.45, 2.75) is 36.2 Å². The van der Waals surface area contributed by atoms with E-state index in [2.05, 4.69) is 25.5 Å². The van der Waals surface area contributed by atoms with Crippen molar-refractivity contribution in [2.75, 3.05) is 43.4 Å². The minimum absolute atomic E-state index is 0.105. The van der Waals surface area contributed by atoms with Gasteiger partial charge in [0.05, 0.1) is 10.5 Å². The lowest BCUT2D eigenvalue weighted by Gasteiger charge is -2.40. The molecule has 2 aliphatic heterocycles. The number of benzene rings is 2. The van der Waals surface area contributed by atoms with Crippen LogP contribution in [0.1, 0.15) is 25.7 Å². The second-order valence-electron chi connectivity index (χ2n) is 9.70. The fourth-order valence-electron chi connectivity index (χ4n) is 4.92. The predicted molar refractivity (Wildman–Crippen MR) is 140 cm³/mol. The van der Waals surface area contributed by atoms with Gasteiger partial charge in [-0.05, 0) is 93.4 Å². The first-order valence-electron chi connectivity index (χ1n) is 12.5. The van der Waals surface area contributed by atoms with Crippen LogP contribution in [0.3, 0.4) is 0 Å². The third-order valence-corrected chi connectivity index (χ3v) is 8.62. The van der Waals surface area contributed by atoms with Crippen LogP contribution in [0, 0.1) is 5.82 Å². The fraction of sp³-hybridized carbons (Fsp3) is 0.385. The molecule has 3 aromatic rings. The summed E-state index contributed by atoms with van der Waals surface area (Å²) in [4.78, 5) is 11.0. The highest BCUT2D eigenvalue weighted by Crippen LogP contribution is 2.29. The summed E-state index contributed by atoms with van der Waals surface area (Å²) in [6.45, 7) is 2.92. The molecule has 9 nitrogen and oxygen atoms in total. The number of halogens is 1. The van der Waals surface area contributed by atoms with E-state index in [1.54, 1.807) is 48.7 Å². The first kappa shape index (κ1) is 25.5. The van der Waals surface area contributed by atoms with Gasteiger partial charge in [0, 0.05) is 37.2 Å². The standard InChI is InChI=1S/C26H31FN6O3S/c27-20-4-6-21(7-5-20)29-24-12-14-28-25(31-24)30-22-8-10-23(11-9-22)37(35,36)33-17-3-13-26(34,19-33)18-32-15-1-2-16-32/h4-12,14,34H,1-3,13,15-19H2,(H2,28,29,30,31). The van der Waals surface area contributed by atoms with Crippen molar-refractivity contribution in [3.05, 3.63) is 66.6 Å². The van der Waals surface area contributed by atoms with E-state index in [0.29, 0.717) is 49.1 Å². The molecule has 3 N–H and O–H groups in total. The van der Waals surface area contributed by atoms with Gasteiger partial charge in [-0.2, -0.15) is 9.29 Å². The topological polar surface area (TPSA) is 111 Å². The molecule has 3 heterocycles. The largest absolute Gasteiger partial charge is 0.387 e. The molecule has 1 unspecified atom stereocenters. The third kappa shape index (κ3) is 6.24. The summed E-state index contributed by atoms with van der Waals surface area (Å²) in [6, 6.07) is 14.0. The maximum atomic E-state index is 13.3. The van der Waals surface area contributed by atoms with Gasteiger partial charge in [0.1, 0.15) is 11.6 Å². The van der Waals surface area contributed by atoms with E-state index in [4.69, 9.17) is 0 Å². The Labute approximate surface area is 216 Å². The lowest BCUT2D eigenvalue weighted by Crippen LogP contribution is -2.55. The van der Waals surface area contributed by atoms with E-state index in [0.717, 1.165) is 25.9 Å².